The second kappa shape index (κ2) is 7.17. The molecule has 0 fully saturated rings. The lowest BCUT2D eigenvalue weighted by atomic mass is 10.2. The number of nitrogens with zero attached hydrogens (tertiary/aromatic N) is 2. The number of ether oxygens (including phenoxy) is 1. The Morgan fingerprint density at radius 1 is 1.33 bits per heavy atom. The van der Waals surface area contributed by atoms with Crippen LogP contribution in [0.3, 0.4) is 0 Å². The molecule has 114 valence electrons. The van der Waals surface area contributed by atoms with Gasteiger partial charge in [-0.2, -0.15) is 4.98 Å². The van der Waals surface area contributed by atoms with Crippen molar-refractivity contribution in [3.63, 3.8) is 0 Å². The SMILES string of the molecule is CCNCc1cc(F)cc(OCc2nc(C(C)C)no2)c1. The van der Waals surface area contributed by atoms with E-state index in [9.17, 15) is 4.39 Å². The number of aromatic nitrogens is 2. The summed E-state index contributed by atoms with van der Waals surface area (Å²) in [5.74, 6) is 1.35. The number of hydrogen-bond donors (Lipinski definition) is 1. The number of hydrogen-bond acceptors (Lipinski definition) is 5. The lowest BCUT2D eigenvalue weighted by Gasteiger charge is -2.07. The van der Waals surface area contributed by atoms with Gasteiger partial charge in [0.05, 0.1) is 0 Å². The zero-order valence-electron chi connectivity index (χ0n) is 12.5. The summed E-state index contributed by atoms with van der Waals surface area (Å²) in [6.07, 6.45) is 0. The van der Waals surface area contributed by atoms with Gasteiger partial charge in [-0.3, -0.25) is 0 Å². The van der Waals surface area contributed by atoms with E-state index in [1.165, 1.54) is 12.1 Å². The average Bonchev–Trinajstić information content (AvgIpc) is 2.91. The molecule has 6 heteroatoms. The first-order chi connectivity index (χ1) is 10.1. The molecule has 0 radical (unpaired) electrons. The lowest BCUT2D eigenvalue weighted by Crippen LogP contribution is -2.12. The van der Waals surface area contributed by atoms with Gasteiger partial charge in [0.1, 0.15) is 11.6 Å². The molecule has 0 saturated heterocycles. The van der Waals surface area contributed by atoms with Crippen LogP contribution in [0.5, 0.6) is 5.75 Å². The average molecular weight is 293 g/mol. The van der Waals surface area contributed by atoms with E-state index in [-0.39, 0.29) is 18.3 Å². The largest absolute Gasteiger partial charge is 0.484 e. The molecular formula is C15H20FN3O2. The Bertz CT molecular complexity index is 584. The third kappa shape index (κ3) is 4.53. The normalized spacial score (nSPS) is 11.1. The van der Waals surface area contributed by atoms with Crippen molar-refractivity contribution in [3.05, 3.63) is 41.3 Å². The Kier molecular flexibility index (Phi) is 5.27. The van der Waals surface area contributed by atoms with Crippen molar-refractivity contribution < 1.29 is 13.7 Å². The van der Waals surface area contributed by atoms with E-state index in [2.05, 4.69) is 15.5 Å². The van der Waals surface area contributed by atoms with Crippen LogP contribution >= 0.6 is 0 Å². The molecule has 0 amide bonds. The molecule has 0 aliphatic rings. The van der Waals surface area contributed by atoms with Gasteiger partial charge in [0, 0.05) is 18.5 Å². The predicted molar refractivity (Wildman–Crippen MR) is 76.5 cm³/mol. The third-order valence-electron chi connectivity index (χ3n) is 2.87. The van der Waals surface area contributed by atoms with Crippen molar-refractivity contribution in [2.75, 3.05) is 6.54 Å². The van der Waals surface area contributed by atoms with Gasteiger partial charge in [-0.05, 0) is 24.2 Å². The Balaban J connectivity index is 1.99. The van der Waals surface area contributed by atoms with Crippen LogP contribution in [0.15, 0.2) is 22.7 Å². The highest BCUT2D eigenvalue weighted by Gasteiger charge is 2.10. The van der Waals surface area contributed by atoms with Crippen molar-refractivity contribution in [1.29, 1.82) is 0 Å². The van der Waals surface area contributed by atoms with Crippen LogP contribution in [-0.2, 0) is 13.2 Å². The van der Waals surface area contributed by atoms with Crippen LogP contribution in [0.2, 0.25) is 0 Å². The van der Waals surface area contributed by atoms with Gasteiger partial charge in [0.15, 0.2) is 12.4 Å². The molecule has 0 unspecified atom stereocenters. The van der Waals surface area contributed by atoms with Crippen LogP contribution in [0.4, 0.5) is 4.39 Å². The maximum atomic E-state index is 13.5. The molecule has 1 aromatic carbocycles. The number of rotatable bonds is 7. The first kappa shape index (κ1) is 15.4. The molecule has 0 aliphatic carbocycles. The Labute approximate surface area is 123 Å². The summed E-state index contributed by atoms with van der Waals surface area (Å²) >= 11 is 0. The molecule has 0 spiro atoms. The fraction of sp³-hybridized carbons (Fsp3) is 0.467. The monoisotopic (exact) mass is 293 g/mol. The van der Waals surface area contributed by atoms with Crippen molar-refractivity contribution in [1.82, 2.24) is 15.5 Å². The standard InChI is InChI=1S/C15H20FN3O2/c1-4-17-8-11-5-12(16)7-13(6-11)20-9-14-18-15(10(2)3)19-21-14/h5-7,10,17H,4,8-9H2,1-3H3. The second-order valence-electron chi connectivity index (χ2n) is 5.07. The van der Waals surface area contributed by atoms with Gasteiger partial charge in [0.25, 0.3) is 5.89 Å². The minimum absolute atomic E-state index is 0.129. The van der Waals surface area contributed by atoms with Crippen molar-refractivity contribution in [2.45, 2.75) is 39.8 Å². The fourth-order valence-electron chi connectivity index (χ4n) is 1.78. The molecule has 2 rings (SSSR count). The number of halogens is 1. The van der Waals surface area contributed by atoms with Gasteiger partial charge in [-0.25, -0.2) is 4.39 Å². The minimum atomic E-state index is -0.325. The van der Waals surface area contributed by atoms with Crippen LogP contribution in [-0.4, -0.2) is 16.7 Å². The lowest BCUT2D eigenvalue weighted by molar-refractivity contribution is 0.241. The smallest absolute Gasteiger partial charge is 0.264 e. The molecule has 2 aromatic rings. The summed E-state index contributed by atoms with van der Waals surface area (Å²) in [6, 6.07) is 4.62. The maximum Gasteiger partial charge on any atom is 0.264 e. The van der Waals surface area contributed by atoms with E-state index >= 15 is 0 Å². The Morgan fingerprint density at radius 3 is 2.81 bits per heavy atom. The van der Waals surface area contributed by atoms with Gasteiger partial charge < -0.3 is 14.6 Å². The zero-order chi connectivity index (χ0) is 15.2. The van der Waals surface area contributed by atoms with E-state index in [0.717, 1.165) is 12.1 Å². The molecule has 1 aromatic heterocycles. The molecule has 21 heavy (non-hydrogen) atoms. The molecule has 0 saturated carbocycles. The summed E-state index contributed by atoms with van der Waals surface area (Å²) in [5, 5.41) is 7.00. The first-order valence-electron chi connectivity index (χ1n) is 7.04. The molecule has 5 nitrogen and oxygen atoms in total. The minimum Gasteiger partial charge on any atom is -0.484 e. The number of nitrogens with one attached hydrogen (secondary N) is 1. The second-order valence-corrected chi connectivity index (χ2v) is 5.07. The molecule has 1 N–H and O–H groups in total. The Hall–Kier alpha value is -1.95. The van der Waals surface area contributed by atoms with Crippen LogP contribution < -0.4 is 10.1 Å². The van der Waals surface area contributed by atoms with Crippen molar-refractivity contribution in [2.24, 2.45) is 0 Å². The highest BCUT2D eigenvalue weighted by molar-refractivity contribution is 5.29. The molecule has 0 aliphatic heterocycles. The molecule has 0 atom stereocenters. The highest BCUT2D eigenvalue weighted by atomic mass is 19.1. The predicted octanol–water partition coefficient (Wildman–Crippen LogP) is 3.02. The van der Waals surface area contributed by atoms with Gasteiger partial charge in [0.2, 0.25) is 0 Å². The van der Waals surface area contributed by atoms with E-state index in [4.69, 9.17) is 9.26 Å². The highest BCUT2D eigenvalue weighted by Crippen LogP contribution is 2.18. The summed E-state index contributed by atoms with van der Waals surface area (Å²) in [4.78, 5) is 4.21. The summed E-state index contributed by atoms with van der Waals surface area (Å²) in [5.41, 5.74) is 0.834. The van der Waals surface area contributed by atoms with E-state index in [1.54, 1.807) is 6.07 Å². The fourth-order valence-corrected chi connectivity index (χ4v) is 1.78. The quantitative estimate of drug-likeness (QED) is 0.850. The van der Waals surface area contributed by atoms with Gasteiger partial charge >= 0.3 is 0 Å². The third-order valence-corrected chi connectivity index (χ3v) is 2.87. The Morgan fingerprint density at radius 2 is 2.14 bits per heavy atom. The van der Waals surface area contributed by atoms with Crippen molar-refractivity contribution >= 4 is 0 Å². The number of benzene rings is 1. The summed E-state index contributed by atoms with van der Waals surface area (Å²) in [7, 11) is 0. The first-order valence-corrected chi connectivity index (χ1v) is 7.04. The molecule has 0 bridgehead atoms. The van der Waals surface area contributed by atoms with Crippen LogP contribution in [0.25, 0.3) is 0 Å². The zero-order valence-corrected chi connectivity index (χ0v) is 12.5. The van der Waals surface area contributed by atoms with Gasteiger partial charge in [-0.15, -0.1) is 0 Å². The van der Waals surface area contributed by atoms with E-state index in [0.29, 0.717) is 24.0 Å². The van der Waals surface area contributed by atoms with Crippen molar-refractivity contribution in [3.8, 4) is 5.75 Å². The topological polar surface area (TPSA) is 60.2 Å². The molecule has 1 heterocycles. The van der Waals surface area contributed by atoms with Gasteiger partial charge in [-0.1, -0.05) is 25.9 Å². The maximum absolute atomic E-state index is 13.5. The van der Waals surface area contributed by atoms with E-state index in [1.807, 2.05) is 20.8 Å². The molecular weight excluding hydrogens is 273 g/mol. The summed E-state index contributed by atoms with van der Waals surface area (Å²) in [6.45, 7) is 7.52. The van der Waals surface area contributed by atoms with E-state index < -0.39 is 0 Å². The summed E-state index contributed by atoms with van der Waals surface area (Å²) < 4.78 is 24.1. The van der Waals surface area contributed by atoms with Crippen LogP contribution in [0, 0.1) is 5.82 Å². The van der Waals surface area contributed by atoms with Crippen LogP contribution in [0.1, 0.15) is 44.0 Å².